The molecule has 2 aromatic rings. The van der Waals surface area contributed by atoms with Gasteiger partial charge in [-0.3, -0.25) is 4.79 Å². The minimum absolute atomic E-state index is 0.0266. The molecule has 7 heteroatoms. The average molecular weight is 345 g/mol. The Morgan fingerprint density at radius 1 is 1.00 bits per heavy atom. The van der Waals surface area contributed by atoms with E-state index in [0.717, 1.165) is 0 Å². The first-order valence-electron chi connectivity index (χ1n) is 7.65. The first kappa shape index (κ1) is 18.3. The lowest BCUT2D eigenvalue weighted by molar-refractivity contribution is -0.142. The number of carbonyl (C=O) groups excluding carboxylic acids is 3. The molecule has 0 aliphatic rings. The molecule has 1 heterocycles. The summed E-state index contributed by atoms with van der Waals surface area (Å²) in [6.45, 7) is 1.90. The maximum absolute atomic E-state index is 12.3. The Morgan fingerprint density at radius 2 is 1.64 bits per heavy atom. The van der Waals surface area contributed by atoms with Crippen molar-refractivity contribution in [2.75, 3.05) is 20.8 Å². The van der Waals surface area contributed by atoms with Crippen molar-refractivity contribution in [3.05, 3.63) is 47.2 Å². The summed E-state index contributed by atoms with van der Waals surface area (Å²) < 4.78 is 14.5. The van der Waals surface area contributed by atoms with Crippen LogP contribution in [0.3, 0.4) is 0 Å². The summed E-state index contributed by atoms with van der Waals surface area (Å²) in [5, 5.41) is 0. The van der Waals surface area contributed by atoms with Crippen LogP contribution in [0.1, 0.15) is 33.3 Å². The largest absolute Gasteiger partial charge is 0.466 e. The third kappa shape index (κ3) is 3.88. The second kappa shape index (κ2) is 8.14. The van der Waals surface area contributed by atoms with Crippen molar-refractivity contribution >= 4 is 17.9 Å². The van der Waals surface area contributed by atoms with Crippen LogP contribution in [-0.4, -0.2) is 43.7 Å². The molecule has 0 aliphatic carbocycles. The van der Waals surface area contributed by atoms with E-state index < -0.39 is 17.9 Å². The van der Waals surface area contributed by atoms with Gasteiger partial charge in [0.2, 0.25) is 0 Å². The average Bonchev–Trinajstić information content (AvgIpc) is 3.00. The summed E-state index contributed by atoms with van der Waals surface area (Å²) in [6.07, 6.45) is -0.185. The first-order chi connectivity index (χ1) is 12.0. The summed E-state index contributed by atoms with van der Waals surface area (Å²) in [7, 11) is 2.41. The van der Waals surface area contributed by atoms with Gasteiger partial charge in [0, 0.05) is 5.56 Å². The number of esters is 3. The highest BCUT2D eigenvalue weighted by Crippen LogP contribution is 2.30. The highest BCUT2D eigenvalue weighted by atomic mass is 16.5. The molecular formula is C18H19NO6. The summed E-state index contributed by atoms with van der Waals surface area (Å²) >= 11 is 0. The molecule has 0 atom stereocenters. The lowest BCUT2D eigenvalue weighted by Gasteiger charge is -2.07. The number of aromatic amines is 1. The van der Waals surface area contributed by atoms with Crippen molar-refractivity contribution in [1.82, 2.24) is 4.98 Å². The van der Waals surface area contributed by atoms with Gasteiger partial charge in [-0.2, -0.15) is 0 Å². The topological polar surface area (TPSA) is 94.7 Å². The van der Waals surface area contributed by atoms with Gasteiger partial charge in [-0.15, -0.1) is 0 Å². The van der Waals surface area contributed by atoms with E-state index in [1.165, 1.54) is 14.2 Å². The number of aromatic nitrogens is 1. The summed E-state index contributed by atoms with van der Waals surface area (Å²) in [5.74, 6) is -1.98. The molecule has 0 bridgehead atoms. The maximum Gasteiger partial charge on any atom is 0.355 e. The lowest BCUT2D eigenvalue weighted by atomic mass is 10.0. The smallest absolute Gasteiger partial charge is 0.355 e. The molecule has 0 spiro atoms. The fourth-order valence-electron chi connectivity index (χ4n) is 2.51. The van der Waals surface area contributed by atoms with E-state index in [2.05, 4.69) is 4.98 Å². The van der Waals surface area contributed by atoms with E-state index in [1.807, 2.05) is 6.07 Å². The molecule has 1 aromatic heterocycles. The quantitative estimate of drug-likeness (QED) is 0.638. The minimum Gasteiger partial charge on any atom is -0.466 e. The SMILES string of the molecule is CCOC(=O)Cc1c(-c2ccccc2)[nH]c(C(=O)OC)c1C(=O)OC. The Kier molecular flexibility index (Phi) is 5.94. The molecule has 1 aromatic carbocycles. The van der Waals surface area contributed by atoms with E-state index in [1.54, 1.807) is 31.2 Å². The van der Waals surface area contributed by atoms with Gasteiger partial charge < -0.3 is 19.2 Å². The Balaban J connectivity index is 2.68. The zero-order chi connectivity index (χ0) is 18.4. The van der Waals surface area contributed by atoms with E-state index >= 15 is 0 Å². The molecule has 0 unspecified atom stereocenters. The number of nitrogens with one attached hydrogen (secondary N) is 1. The molecule has 0 aliphatic heterocycles. The van der Waals surface area contributed by atoms with Crippen LogP contribution in [0.15, 0.2) is 30.3 Å². The molecule has 0 amide bonds. The van der Waals surface area contributed by atoms with E-state index in [0.29, 0.717) is 16.8 Å². The van der Waals surface area contributed by atoms with Crippen LogP contribution in [0.25, 0.3) is 11.3 Å². The van der Waals surface area contributed by atoms with Crippen molar-refractivity contribution in [3.63, 3.8) is 0 Å². The molecule has 1 N–H and O–H groups in total. The summed E-state index contributed by atoms with van der Waals surface area (Å²) in [5.41, 5.74) is 1.42. The number of hydrogen-bond donors (Lipinski definition) is 1. The maximum atomic E-state index is 12.3. The van der Waals surface area contributed by atoms with Gasteiger partial charge >= 0.3 is 17.9 Å². The number of ether oxygens (including phenoxy) is 3. The highest BCUT2D eigenvalue weighted by Gasteiger charge is 2.30. The van der Waals surface area contributed by atoms with Crippen LogP contribution in [0.5, 0.6) is 0 Å². The zero-order valence-corrected chi connectivity index (χ0v) is 14.3. The third-order valence-corrected chi connectivity index (χ3v) is 3.57. The predicted octanol–water partition coefficient (Wildman–Crippen LogP) is 2.36. The van der Waals surface area contributed by atoms with E-state index in [4.69, 9.17) is 14.2 Å². The van der Waals surface area contributed by atoms with Gasteiger partial charge in [-0.25, -0.2) is 9.59 Å². The Morgan fingerprint density at radius 3 is 2.20 bits per heavy atom. The van der Waals surface area contributed by atoms with Gasteiger partial charge in [0.25, 0.3) is 0 Å². The Bertz CT molecular complexity index is 778. The number of carbonyl (C=O) groups is 3. The standard InChI is InChI=1S/C18H19NO6/c1-4-25-13(20)10-12-14(17(21)23-2)16(18(22)24-3)19-15(12)11-8-6-5-7-9-11/h5-9,19H,4,10H2,1-3H3. The van der Waals surface area contributed by atoms with Crippen LogP contribution in [0.2, 0.25) is 0 Å². The van der Waals surface area contributed by atoms with Gasteiger partial charge in [-0.05, 0) is 12.5 Å². The van der Waals surface area contributed by atoms with Crippen molar-refractivity contribution in [1.29, 1.82) is 0 Å². The Labute approximate surface area is 144 Å². The lowest BCUT2D eigenvalue weighted by Crippen LogP contribution is -2.15. The molecule has 0 fully saturated rings. The van der Waals surface area contributed by atoms with Crippen LogP contribution in [0.4, 0.5) is 0 Å². The van der Waals surface area contributed by atoms with Crippen LogP contribution in [-0.2, 0) is 25.4 Å². The van der Waals surface area contributed by atoms with Gasteiger partial charge in [0.1, 0.15) is 5.69 Å². The fraction of sp³-hybridized carbons (Fsp3) is 0.278. The van der Waals surface area contributed by atoms with Crippen molar-refractivity contribution in [2.24, 2.45) is 0 Å². The van der Waals surface area contributed by atoms with Crippen molar-refractivity contribution < 1.29 is 28.6 Å². The second-order valence-corrected chi connectivity index (χ2v) is 5.06. The Hall–Kier alpha value is -3.09. The third-order valence-electron chi connectivity index (χ3n) is 3.57. The van der Waals surface area contributed by atoms with Crippen LogP contribution < -0.4 is 0 Å². The molecule has 0 saturated carbocycles. The van der Waals surface area contributed by atoms with E-state index in [-0.39, 0.29) is 24.3 Å². The van der Waals surface area contributed by atoms with Crippen molar-refractivity contribution in [2.45, 2.75) is 13.3 Å². The number of rotatable bonds is 6. The molecular weight excluding hydrogens is 326 g/mol. The molecule has 25 heavy (non-hydrogen) atoms. The molecule has 132 valence electrons. The second-order valence-electron chi connectivity index (χ2n) is 5.06. The zero-order valence-electron chi connectivity index (χ0n) is 14.3. The van der Waals surface area contributed by atoms with Crippen LogP contribution in [0, 0.1) is 0 Å². The highest BCUT2D eigenvalue weighted by molar-refractivity contribution is 6.06. The van der Waals surface area contributed by atoms with E-state index in [9.17, 15) is 14.4 Å². The van der Waals surface area contributed by atoms with Gasteiger partial charge in [0.15, 0.2) is 0 Å². The number of benzene rings is 1. The molecule has 7 nitrogen and oxygen atoms in total. The number of methoxy groups -OCH3 is 2. The first-order valence-corrected chi connectivity index (χ1v) is 7.65. The van der Waals surface area contributed by atoms with Gasteiger partial charge in [-0.1, -0.05) is 30.3 Å². The normalized spacial score (nSPS) is 10.2. The summed E-state index contributed by atoms with van der Waals surface area (Å²) in [4.78, 5) is 39.2. The number of H-pyrrole nitrogens is 1. The van der Waals surface area contributed by atoms with Gasteiger partial charge in [0.05, 0.1) is 38.5 Å². The fourth-order valence-corrected chi connectivity index (χ4v) is 2.51. The predicted molar refractivity (Wildman–Crippen MR) is 89.2 cm³/mol. The summed E-state index contributed by atoms with van der Waals surface area (Å²) in [6, 6.07) is 9.03. The molecule has 2 rings (SSSR count). The minimum atomic E-state index is -0.738. The molecule has 0 saturated heterocycles. The number of hydrogen-bond acceptors (Lipinski definition) is 6. The molecule has 0 radical (unpaired) electrons. The van der Waals surface area contributed by atoms with Crippen LogP contribution >= 0.6 is 0 Å². The monoisotopic (exact) mass is 345 g/mol. The van der Waals surface area contributed by atoms with Crippen molar-refractivity contribution in [3.8, 4) is 11.3 Å².